The van der Waals surface area contributed by atoms with Crippen LogP contribution < -0.4 is 19.7 Å². The molecule has 1 amide bonds. The van der Waals surface area contributed by atoms with Gasteiger partial charge in [-0.15, -0.1) is 11.3 Å². The van der Waals surface area contributed by atoms with Gasteiger partial charge < -0.3 is 19.7 Å². The Hall–Kier alpha value is -2.05. The van der Waals surface area contributed by atoms with Gasteiger partial charge in [-0.3, -0.25) is 4.79 Å². The molecule has 2 aliphatic heterocycles. The molecule has 2 atom stereocenters. The Morgan fingerprint density at radius 3 is 2.82 bits per heavy atom. The van der Waals surface area contributed by atoms with Crippen LogP contribution in [0.2, 0.25) is 0 Å². The number of fused-ring (bicyclic) bond motifs is 1. The molecule has 28 heavy (non-hydrogen) atoms. The van der Waals surface area contributed by atoms with Crippen molar-refractivity contribution in [1.82, 2.24) is 0 Å². The van der Waals surface area contributed by atoms with Crippen LogP contribution in [0.25, 0.3) is 0 Å². The number of ether oxygens (including phenoxy) is 2. The van der Waals surface area contributed by atoms with Crippen LogP contribution >= 0.6 is 11.3 Å². The third kappa shape index (κ3) is 3.51. The molecule has 0 radical (unpaired) electrons. The highest BCUT2D eigenvalue weighted by Gasteiger charge is 2.42. The molecule has 1 aliphatic carbocycles. The van der Waals surface area contributed by atoms with Crippen molar-refractivity contribution in [3.63, 3.8) is 0 Å². The normalized spacial score (nSPS) is 25.1. The first kappa shape index (κ1) is 18.0. The van der Waals surface area contributed by atoms with Gasteiger partial charge in [0.2, 0.25) is 0 Å². The molecule has 1 saturated heterocycles. The summed E-state index contributed by atoms with van der Waals surface area (Å²) in [7, 11) is 0. The number of hydrogen-bond donors (Lipinski definition) is 2. The van der Waals surface area contributed by atoms with Gasteiger partial charge in [-0.05, 0) is 36.4 Å². The third-order valence-corrected chi connectivity index (χ3v) is 7.18. The van der Waals surface area contributed by atoms with E-state index in [1.165, 1.54) is 22.6 Å². The number of anilines is 1. The molecular formula is C22H27N2O3S+. The topological polar surface area (TPSA) is 52.0 Å². The molecule has 5 rings (SSSR count). The lowest BCUT2D eigenvalue weighted by Crippen LogP contribution is -3.11. The summed E-state index contributed by atoms with van der Waals surface area (Å²) in [6.07, 6.45) is 7.74. The van der Waals surface area contributed by atoms with Gasteiger partial charge in [0.1, 0.15) is 6.04 Å². The number of quaternary nitrogens is 1. The molecule has 2 fully saturated rings. The van der Waals surface area contributed by atoms with Crippen molar-refractivity contribution in [2.45, 2.75) is 56.8 Å². The van der Waals surface area contributed by atoms with Crippen molar-refractivity contribution in [1.29, 1.82) is 0 Å². The van der Waals surface area contributed by atoms with Crippen molar-refractivity contribution < 1.29 is 19.2 Å². The summed E-state index contributed by atoms with van der Waals surface area (Å²) >= 11 is 1.80. The van der Waals surface area contributed by atoms with E-state index in [-0.39, 0.29) is 5.91 Å². The fourth-order valence-corrected chi connectivity index (χ4v) is 5.75. The van der Waals surface area contributed by atoms with Crippen molar-refractivity contribution >= 4 is 22.9 Å². The molecule has 5 nitrogen and oxygen atoms in total. The van der Waals surface area contributed by atoms with E-state index in [4.69, 9.17) is 9.47 Å². The van der Waals surface area contributed by atoms with Crippen molar-refractivity contribution in [2.75, 3.05) is 18.4 Å². The van der Waals surface area contributed by atoms with Crippen LogP contribution in [0.5, 0.6) is 11.5 Å². The maximum Gasteiger partial charge on any atom is 0.279 e. The van der Waals surface area contributed by atoms with Gasteiger partial charge in [0.25, 0.3) is 11.7 Å². The molecule has 2 N–H and O–H groups in total. The SMILES string of the molecule is O=C(C[NH+]1CCC[C@H]1c1cccs1)Nc1ccc2c(c1)OC1(CCCCC1)O2. The highest BCUT2D eigenvalue weighted by atomic mass is 32.1. The van der Waals surface area contributed by atoms with Gasteiger partial charge in [0.05, 0.1) is 11.4 Å². The van der Waals surface area contributed by atoms with Gasteiger partial charge in [-0.1, -0.05) is 12.5 Å². The van der Waals surface area contributed by atoms with Crippen LogP contribution in [-0.4, -0.2) is 24.8 Å². The monoisotopic (exact) mass is 399 g/mol. The second kappa shape index (κ2) is 7.41. The summed E-state index contributed by atoms with van der Waals surface area (Å²) in [5.74, 6) is 1.13. The average Bonchev–Trinajstić information content (AvgIpc) is 3.41. The lowest BCUT2D eigenvalue weighted by atomic mass is 9.94. The molecule has 3 heterocycles. The summed E-state index contributed by atoms with van der Waals surface area (Å²) in [6.45, 7) is 1.56. The zero-order valence-corrected chi connectivity index (χ0v) is 16.9. The number of carbonyl (C=O) groups excluding carboxylic acids is 1. The lowest BCUT2D eigenvalue weighted by molar-refractivity contribution is -0.910. The average molecular weight is 400 g/mol. The van der Waals surface area contributed by atoms with Crippen molar-refractivity contribution in [3.05, 3.63) is 40.6 Å². The Bertz CT molecular complexity index is 845. The molecule has 0 bridgehead atoms. The lowest BCUT2D eigenvalue weighted by Gasteiger charge is -2.31. The molecule has 1 spiro atoms. The van der Waals surface area contributed by atoms with E-state index in [1.807, 2.05) is 18.2 Å². The number of benzene rings is 1. The molecule has 6 heteroatoms. The quantitative estimate of drug-likeness (QED) is 0.827. The Morgan fingerprint density at radius 1 is 1.14 bits per heavy atom. The van der Waals surface area contributed by atoms with Crippen LogP contribution in [0, 0.1) is 0 Å². The van der Waals surface area contributed by atoms with Gasteiger partial charge in [0, 0.05) is 37.4 Å². The molecular weight excluding hydrogens is 372 g/mol. The van der Waals surface area contributed by atoms with E-state index in [9.17, 15) is 4.79 Å². The number of thiophene rings is 1. The largest absolute Gasteiger partial charge is 0.448 e. The smallest absolute Gasteiger partial charge is 0.279 e. The van der Waals surface area contributed by atoms with Crippen molar-refractivity contribution in [2.24, 2.45) is 0 Å². The number of likely N-dealkylation sites (tertiary alicyclic amines) is 1. The minimum Gasteiger partial charge on any atom is -0.448 e. The van der Waals surface area contributed by atoms with Gasteiger partial charge in [0.15, 0.2) is 18.0 Å². The maximum absolute atomic E-state index is 12.7. The third-order valence-electron chi connectivity index (χ3n) is 6.19. The van der Waals surface area contributed by atoms with E-state index < -0.39 is 5.79 Å². The highest BCUT2D eigenvalue weighted by molar-refractivity contribution is 7.10. The summed E-state index contributed by atoms with van der Waals surface area (Å²) in [5.41, 5.74) is 0.784. The van der Waals surface area contributed by atoms with Crippen LogP contribution in [-0.2, 0) is 4.79 Å². The Kier molecular flexibility index (Phi) is 4.77. The van der Waals surface area contributed by atoms with Crippen LogP contribution in [0.15, 0.2) is 35.7 Å². The Labute approximate surface area is 169 Å². The molecule has 148 valence electrons. The number of carbonyl (C=O) groups is 1. The van der Waals surface area contributed by atoms with Gasteiger partial charge in [-0.2, -0.15) is 0 Å². The fraction of sp³-hybridized carbons (Fsp3) is 0.500. The van der Waals surface area contributed by atoms with Crippen LogP contribution in [0.3, 0.4) is 0 Å². The van der Waals surface area contributed by atoms with Crippen LogP contribution in [0.1, 0.15) is 55.9 Å². The first-order valence-corrected chi connectivity index (χ1v) is 11.3. The second-order valence-electron chi connectivity index (χ2n) is 8.18. The minimum atomic E-state index is -0.475. The number of rotatable bonds is 4. The number of nitrogens with one attached hydrogen (secondary N) is 2. The highest BCUT2D eigenvalue weighted by Crippen LogP contribution is 2.46. The first-order chi connectivity index (χ1) is 13.7. The molecule has 2 aromatic rings. The summed E-state index contributed by atoms with van der Waals surface area (Å²) in [5, 5.41) is 5.19. The van der Waals surface area contributed by atoms with E-state index >= 15 is 0 Å². The van der Waals surface area contributed by atoms with E-state index in [2.05, 4.69) is 22.8 Å². The van der Waals surface area contributed by atoms with Gasteiger partial charge in [-0.25, -0.2) is 0 Å². The van der Waals surface area contributed by atoms with E-state index in [0.717, 1.165) is 55.8 Å². The van der Waals surface area contributed by atoms with E-state index in [1.54, 1.807) is 11.3 Å². The summed E-state index contributed by atoms with van der Waals surface area (Å²) < 4.78 is 12.3. The Balaban J connectivity index is 1.23. The zero-order valence-electron chi connectivity index (χ0n) is 16.0. The fourth-order valence-electron chi connectivity index (χ4n) is 4.83. The molecule has 1 aromatic heterocycles. The minimum absolute atomic E-state index is 0.0599. The Morgan fingerprint density at radius 2 is 2.00 bits per heavy atom. The predicted octanol–water partition coefficient (Wildman–Crippen LogP) is 3.54. The summed E-state index contributed by atoms with van der Waals surface area (Å²) in [4.78, 5) is 15.4. The molecule has 1 aromatic carbocycles. The van der Waals surface area contributed by atoms with Gasteiger partial charge >= 0.3 is 0 Å². The van der Waals surface area contributed by atoms with E-state index in [0.29, 0.717) is 12.6 Å². The standard InChI is InChI=1S/C22H26N2O3S/c25-21(15-24-12-4-6-17(24)20-7-5-13-28-20)23-16-8-9-18-19(14-16)27-22(26-18)10-2-1-3-11-22/h5,7-9,13-14,17H,1-4,6,10-12,15H2,(H,23,25)/p+1/t17-/m0/s1. The first-order valence-electron chi connectivity index (χ1n) is 10.4. The predicted molar refractivity (Wildman–Crippen MR) is 109 cm³/mol. The number of hydrogen-bond acceptors (Lipinski definition) is 4. The van der Waals surface area contributed by atoms with Crippen molar-refractivity contribution in [3.8, 4) is 11.5 Å². The number of amides is 1. The van der Waals surface area contributed by atoms with Crippen LogP contribution in [0.4, 0.5) is 5.69 Å². The zero-order chi connectivity index (χ0) is 19.0. The summed E-state index contributed by atoms with van der Waals surface area (Å²) in [6, 6.07) is 10.5. The molecule has 1 unspecified atom stereocenters. The maximum atomic E-state index is 12.7. The second-order valence-corrected chi connectivity index (χ2v) is 9.16. The molecule has 1 saturated carbocycles. The molecule has 3 aliphatic rings.